The second-order valence-corrected chi connectivity index (χ2v) is 10.4. The third-order valence-electron chi connectivity index (χ3n) is 7.53. The summed E-state index contributed by atoms with van der Waals surface area (Å²) in [5.41, 5.74) is 4.38. The minimum atomic E-state index is -0.584. The van der Waals surface area contributed by atoms with Gasteiger partial charge in [0.15, 0.2) is 17.4 Å². The normalized spacial score (nSPS) is 16.3. The first-order valence-corrected chi connectivity index (χ1v) is 13.2. The predicted molar refractivity (Wildman–Crippen MR) is 146 cm³/mol. The van der Waals surface area contributed by atoms with Crippen LogP contribution < -0.4 is 14.5 Å². The van der Waals surface area contributed by atoms with Gasteiger partial charge in [-0.15, -0.1) is 0 Å². The van der Waals surface area contributed by atoms with E-state index in [-0.39, 0.29) is 17.5 Å². The van der Waals surface area contributed by atoms with Gasteiger partial charge in [0.05, 0.1) is 24.1 Å². The van der Waals surface area contributed by atoms with Crippen LogP contribution in [0.5, 0.6) is 5.75 Å². The summed E-state index contributed by atoms with van der Waals surface area (Å²) in [6, 6.07) is 9.47. The zero-order valence-corrected chi connectivity index (χ0v) is 22.0. The minimum absolute atomic E-state index is 0.0897. The molecule has 2 aromatic heterocycles. The van der Waals surface area contributed by atoms with E-state index in [0.29, 0.717) is 36.6 Å². The standard InChI is InChI=1S/C29H32F2N6O/c1-18(2)37-10-11-38-29-22(30)14-20(15-25(29)37)28-23(31)16-33-27(34-28)13-19-4-5-24-21(12-19)26(17-32-24)36-8-6-35(3)7-9-36/h4-5,12,14-18,32H,6-11,13H2,1-3H3. The number of ether oxygens (including phenoxy) is 1. The highest BCUT2D eigenvalue weighted by Crippen LogP contribution is 2.39. The van der Waals surface area contributed by atoms with Crippen LogP contribution in [0.3, 0.4) is 0 Å². The first-order valence-electron chi connectivity index (χ1n) is 13.2. The first-order chi connectivity index (χ1) is 18.4. The molecular weight excluding hydrogens is 486 g/mol. The first kappa shape index (κ1) is 24.6. The number of halogens is 2. The molecule has 198 valence electrons. The molecule has 38 heavy (non-hydrogen) atoms. The van der Waals surface area contributed by atoms with Gasteiger partial charge in [-0.05, 0) is 50.7 Å². The summed E-state index contributed by atoms with van der Waals surface area (Å²) >= 11 is 0. The van der Waals surface area contributed by atoms with E-state index in [2.05, 4.69) is 55.0 Å². The van der Waals surface area contributed by atoms with Crippen molar-refractivity contribution < 1.29 is 13.5 Å². The van der Waals surface area contributed by atoms with E-state index in [1.54, 1.807) is 6.07 Å². The Kier molecular flexibility index (Phi) is 6.39. The molecule has 2 aromatic carbocycles. The molecule has 2 aliphatic heterocycles. The Labute approximate surface area is 221 Å². The molecule has 0 radical (unpaired) electrons. The van der Waals surface area contributed by atoms with Gasteiger partial charge in [-0.2, -0.15) is 0 Å². The number of aromatic nitrogens is 3. The maximum absolute atomic E-state index is 15.0. The van der Waals surface area contributed by atoms with Gasteiger partial charge in [-0.25, -0.2) is 18.7 Å². The summed E-state index contributed by atoms with van der Waals surface area (Å²) in [5.74, 6) is -0.414. The number of H-pyrrole nitrogens is 1. The quantitative estimate of drug-likeness (QED) is 0.408. The van der Waals surface area contributed by atoms with Gasteiger partial charge >= 0.3 is 0 Å². The van der Waals surface area contributed by atoms with Crippen LogP contribution in [0.1, 0.15) is 25.2 Å². The average molecular weight is 519 g/mol. The summed E-state index contributed by atoms with van der Waals surface area (Å²) in [5, 5.41) is 1.15. The van der Waals surface area contributed by atoms with Gasteiger partial charge in [0.25, 0.3) is 0 Å². The molecule has 0 amide bonds. The molecule has 0 atom stereocenters. The lowest BCUT2D eigenvalue weighted by Crippen LogP contribution is -2.44. The molecule has 1 N–H and O–H groups in total. The van der Waals surface area contributed by atoms with Crippen molar-refractivity contribution in [1.82, 2.24) is 19.9 Å². The largest absolute Gasteiger partial charge is 0.486 e. The highest BCUT2D eigenvalue weighted by atomic mass is 19.1. The Hall–Kier alpha value is -3.72. The number of hydrogen-bond acceptors (Lipinski definition) is 6. The summed E-state index contributed by atoms with van der Waals surface area (Å²) in [4.78, 5) is 19.0. The molecule has 4 heterocycles. The number of aromatic amines is 1. The van der Waals surface area contributed by atoms with Crippen molar-refractivity contribution in [2.45, 2.75) is 26.3 Å². The number of nitrogens with one attached hydrogen (secondary N) is 1. The number of hydrogen-bond donors (Lipinski definition) is 1. The van der Waals surface area contributed by atoms with Crippen LogP contribution in [0.15, 0.2) is 42.7 Å². The molecule has 4 aromatic rings. The van der Waals surface area contributed by atoms with Crippen molar-refractivity contribution in [3.63, 3.8) is 0 Å². The van der Waals surface area contributed by atoms with E-state index in [4.69, 9.17) is 4.74 Å². The maximum Gasteiger partial charge on any atom is 0.178 e. The molecule has 9 heteroatoms. The highest BCUT2D eigenvalue weighted by Gasteiger charge is 2.26. The number of likely N-dealkylation sites (N-methyl/N-ethyl adjacent to an activating group) is 1. The van der Waals surface area contributed by atoms with E-state index < -0.39 is 11.6 Å². The lowest BCUT2D eigenvalue weighted by molar-refractivity contribution is 0.287. The predicted octanol–water partition coefficient (Wildman–Crippen LogP) is 4.85. The Morgan fingerprint density at radius 1 is 1.00 bits per heavy atom. The molecule has 0 spiro atoms. The number of benzene rings is 2. The second kappa shape index (κ2) is 9.87. The van der Waals surface area contributed by atoms with E-state index in [1.807, 2.05) is 19.9 Å². The maximum atomic E-state index is 15.0. The molecule has 0 saturated carbocycles. The van der Waals surface area contributed by atoms with Crippen LogP contribution in [0, 0.1) is 11.6 Å². The fourth-order valence-corrected chi connectivity index (χ4v) is 5.42. The van der Waals surface area contributed by atoms with Crippen LogP contribution in [0.2, 0.25) is 0 Å². The fourth-order valence-electron chi connectivity index (χ4n) is 5.42. The Bertz CT molecular complexity index is 1480. The Morgan fingerprint density at radius 2 is 1.82 bits per heavy atom. The SMILES string of the molecule is CC(C)N1CCOc2c(F)cc(-c3nc(Cc4ccc5[nH]cc(N6CCN(C)CC6)c5c4)ncc3F)cc21. The molecule has 7 nitrogen and oxygen atoms in total. The van der Waals surface area contributed by atoms with Gasteiger partial charge < -0.3 is 24.4 Å². The number of piperazine rings is 1. The molecule has 1 fully saturated rings. The monoisotopic (exact) mass is 518 g/mol. The van der Waals surface area contributed by atoms with E-state index in [9.17, 15) is 4.39 Å². The molecule has 0 aliphatic carbocycles. The van der Waals surface area contributed by atoms with Crippen LogP contribution in [0.4, 0.5) is 20.2 Å². The van der Waals surface area contributed by atoms with Crippen molar-refractivity contribution >= 4 is 22.3 Å². The summed E-state index contributed by atoms with van der Waals surface area (Å²) in [7, 11) is 2.15. The topological polar surface area (TPSA) is 60.5 Å². The number of rotatable bonds is 5. The molecule has 2 aliphatic rings. The van der Waals surface area contributed by atoms with Crippen molar-refractivity contribution in [3.05, 3.63) is 65.7 Å². The van der Waals surface area contributed by atoms with Crippen molar-refractivity contribution in [2.24, 2.45) is 0 Å². The van der Waals surface area contributed by atoms with Gasteiger partial charge in [0.1, 0.15) is 18.1 Å². The van der Waals surface area contributed by atoms with Crippen LogP contribution in [0.25, 0.3) is 22.2 Å². The van der Waals surface area contributed by atoms with Crippen LogP contribution in [-0.4, -0.2) is 72.3 Å². The second-order valence-electron chi connectivity index (χ2n) is 10.4. The zero-order valence-electron chi connectivity index (χ0n) is 22.0. The van der Waals surface area contributed by atoms with E-state index in [0.717, 1.165) is 42.6 Å². The van der Waals surface area contributed by atoms with Crippen molar-refractivity contribution in [1.29, 1.82) is 0 Å². The number of anilines is 2. The summed E-state index contributed by atoms with van der Waals surface area (Å²) in [6.45, 7) is 9.16. The van der Waals surface area contributed by atoms with Gasteiger partial charge in [-0.1, -0.05) is 6.07 Å². The third-order valence-corrected chi connectivity index (χ3v) is 7.53. The Balaban J connectivity index is 1.31. The van der Waals surface area contributed by atoms with Crippen molar-refractivity contribution in [2.75, 3.05) is 56.2 Å². The van der Waals surface area contributed by atoms with E-state index >= 15 is 4.39 Å². The molecular formula is C29H32F2N6O. The van der Waals surface area contributed by atoms with Crippen molar-refractivity contribution in [3.8, 4) is 17.0 Å². The lowest BCUT2D eigenvalue weighted by Gasteiger charge is -2.34. The molecule has 6 rings (SSSR count). The fraction of sp³-hybridized carbons (Fsp3) is 0.379. The third kappa shape index (κ3) is 4.55. The smallest absolute Gasteiger partial charge is 0.178 e. The minimum Gasteiger partial charge on any atom is -0.486 e. The van der Waals surface area contributed by atoms with Gasteiger partial charge in [0.2, 0.25) is 0 Å². The van der Waals surface area contributed by atoms with Crippen LogP contribution >= 0.6 is 0 Å². The molecule has 0 unspecified atom stereocenters. The Morgan fingerprint density at radius 3 is 2.61 bits per heavy atom. The zero-order chi connectivity index (χ0) is 26.4. The average Bonchev–Trinajstić information content (AvgIpc) is 3.33. The van der Waals surface area contributed by atoms with Gasteiger partial charge in [0, 0.05) is 61.3 Å². The molecule has 1 saturated heterocycles. The summed E-state index contributed by atoms with van der Waals surface area (Å²) in [6.07, 6.45) is 3.68. The van der Waals surface area contributed by atoms with E-state index in [1.165, 1.54) is 18.0 Å². The lowest BCUT2D eigenvalue weighted by atomic mass is 10.1. The van der Waals surface area contributed by atoms with Gasteiger partial charge in [-0.3, -0.25) is 0 Å². The highest BCUT2D eigenvalue weighted by molar-refractivity contribution is 5.93. The number of fused-ring (bicyclic) bond motifs is 2. The van der Waals surface area contributed by atoms with Crippen LogP contribution in [-0.2, 0) is 6.42 Å². The molecule has 0 bridgehead atoms. The number of nitrogens with zero attached hydrogens (tertiary/aromatic N) is 5. The summed E-state index contributed by atoms with van der Waals surface area (Å²) < 4.78 is 35.6.